The maximum Gasteiger partial charge on any atom is 0.242 e. The molecule has 5 nitrogen and oxygen atoms in total. The van der Waals surface area contributed by atoms with Gasteiger partial charge in [-0.25, -0.2) is 4.98 Å². The lowest BCUT2D eigenvalue weighted by Crippen LogP contribution is -2.44. The van der Waals surface area contributed by atoms with Crippen molar-refractivity contribution in [1.29, 1.82) is 0 Å². The Labute approximate surface area is 145 Å². The second-order valence-corrected chi connectivity index (χ2v) is 7.60. The van der Waals surface area contributed by atoms with Gasteiger partial charge in [-0.3, -0.25) is 9.59 Å². The monoisotopic (exact) mass is 343 g/mol. The van der Waals surface area contributed by atoms with E-state index in [0.717, 1.165) is 42.8 Å². The van der Waals surface area contributed by atoms with Gasteiger partial charge in [-0.15, -0.1) is 11.3 Å². The van der Waals surface area contributed by atoms with Crippen LogP contribution < -0.4 is 0 Å². The van der Waals surface area contributed by atoms with Gasteiger partial charge >= 0.3 is 0 Å². The minimum absolute atomic E-state index is 0.0568. The first kappa shape index (κ1) is 15.6. The van der Waals surface area contributed by atoms with Crippen molar-refractivity contribution >= 4 is 33.4 Å². The first-order valence-corrected chi connectivity index (χ1v) is 9.47. The SMILES string of the molecule is O=C1CCCN1CC(=O)N1CCCC[C@@H]1c1nc2ccccc2s1. The van der Waals surface area contributed by atoms with E-state index >= 15 is 0 Å². The number of nitrogens with zero attached hydrogens (tertiary/aromatic N) is 3. The Morgan fingerprint density at radius 3 is 2.88 bits per heavy atom. The van der Waals surface area contributed by atoms with E-state index in [1.54, 1.807) is 16.2 Å². The number of thiazole rings is 1. The molecule has 0 N–H and O–H groups in total. The van der Waals surface area contributed by atoms with Gasteiger partial charge in [0.15, 0.2) is 0 Å². The summed E-state index contributed by atoms with van der Waals surface area (Å²) in [6.45, 7) is 1.70. The fourth-order valence-electron chi connectivity index (χ4n) is 3.64. The zero-order valence-corrected chi connectivity index (χ0v) is 14.4. The summed E-state index contributed by atoms with van der Waals surface area (Å²) in [4.78, 5) is 33.0. The highest BCUT2D eigenvalue weighted by atomic mass is 32.1. The predicted molar refractivity (Wildman–Crippen MR) is 93.7 cm³/mol. The molecule has 2 aliphatic heterocycles. The zero-order valence-electron chi connectivity index (χ0n) is 13.6. The molecule has 6 heteroatoms. The van der Waals surface area contributed by atoms with E-state index in [9.17, 15) is 9.59 Å². The molecule has 4 rings (SSSR count). The minimum atomic E-state index is 0.0568. The van der Waals surface area contributed by atoms with E-state index in [1.165, 1.54) is 4.70 Å². The second kappa shape index (κ2) is 6.51. The normalized spacial score (nSPS) is 21.7. The molecule has 1 aromatic heterocycles. The molecule has 2 saturated heterocycles. The molecule has 24 heavy (non-hydrogen) atoms. The number of aromatic nitrogens is 1. The number of amides is 2. The molecule has 2 fully saturated rings. The first-order chi connectivity index (χ1) is 11.7. The van der Waals surface area contributed by atoms with Crippen molar-refractivity contribution in [3.63, 3.8) is 0 Å². The van der Waals surface area contributed by atoms with Crippen molar-refractivity contribution in [3.8, 4) is 0 Å². The quantitative estimate of drug-likeness (QED) is 0.861. The highest BCUT2D eigenvalue weighted by Gasteiger charge is 2.32. The maximum absolute atomic E-state index is 12.8. The van der Waals surface area contributed by atoms with Crippen LogP contribution >= 0.6 is 11.3 Å². The van der Waals surface area contributed by atoms with Crippen LogP contribution in [0.1, 0.15) is 43.2 Å². The molecule has 0 unspecified atom stereocenters. The van der Waals surface area contributed by atoms with Gasteiger partial charge in [0.1, 0.15) is 5.01 Å². The van der Waals surface area contributed by atoms with E-state index in [4.69, 9.17) is 4.98 Å². The highest BCUT2D eigenvalue weighted by Crippen LogP contribution is 2.35. The molecule has 2 amide bonds. The van der Waals surface area contributed by atoms with Crippen LogP contribution in [0.25, 0.3) is 10.2 Å². The fraction of sp³-hybridized carbons (Fsp3) is 0.500. The van der Waals surface area contributed by atoms with Gasteiger partial charge in [0.2, 0.25) is 11.8 Å². The van der Waals surface area contributed by atoms with E-state index in [0.29, 0.717) is 13.0 Å². The van der Waals surface area contributed by atoms with Gasteiger partial charge < -0.3 is 9.80 Å². The third-order valence-electron chi connectivity index (χ3n) is 4.92. The molecule has 0 aliphatic carbocycles. The van der Waals surface area contributed by atoms with Crippen molar-refractivity contribution in [1.82, 2.24) is 14.8 Å². The number of fused-ring (bicyclic) bond motifs is 1. The van der Waals surface area contributed by atoms with Gasteiger partial charge in [-0.1, -0.05) is 12.1 Å². The van der Waals surface area contributed by atoms with Crippen molar-refractivity contribution in [3.05, 3.63) is 29.3 Å². The molecule has 126 valence electrons. The second-order valence-electron chi connectivity index (χ2n) is 6.54. The van der Waals surface area contributed by atoms with Crippen LogP contribution in [-0.2, 0) is 9.59 Å². The Bertz CT molecular complexity index is 739. The fourth-order valence-corrected chi connectivity index (χ4v) is 4.76. The lowest BCUT2D eigenvalue weighted by molar-refractivity contribution is -0.141. The van der Waals surface area contributed by atoms with Crippen molar-refractivity contribution in [2.75, 3.05) is 19.6 Å². The summed E-state index contributed by atoms with van der Waals surface area (Å²) in [5, 5.41) is 1.02. The number of benzene rings is 1. The largest absolute Gasteiger partial charge is 0.333 e. The van der Waals surface area contributed by atoms with E-state index in [2.05, 4.69) is 6.07 Å². The molecule has 0 saturated carbocycles. The summed E-state index contributed by atoms with van der Waals surface area (Å²) in [7, 11) is 0. The van der Waals surface area contributed by atoms with Gasteiger partial charge in [0.25, 0.3) is 0 Å². The third-order valence-corrected chi connectivity index (χ3v) is 6.05. The van der Waals surface area contributed by atoms with E-state index < -0.39 is 0 Å². The first-order valence-electron chi connectivity index (χ1n) is 8.65. The minimum Gasteiger partial charge on any atom is -0.333 e. The number of carbonyl (C=O) groups excluding carboxylic acids is 2. The van der Waals surface area contributed by atoms with Crippen LogP contribution in [0.2, 0.25) is 0 Å². The number of rotatable bonds is 3. The lowest BCUT2D eigenvalue weighted by Gasteiger charge is -2.35. The third kappa shape index (κ3) is 2.90. The molecule has 1 atom stereocenters. The van der Waals surface area contributed by atoms with Crippen LogP contribution in [0.15, 0.2) is 24.3 Å². The van der Waals surface area contributed by atoms with Crippen LogP contribution in [-0.4, -0.2) is 46.2 Å². The van der Waals surface area contributed by atoms with Crippen LogP contribution in [0.4, 0.5) is 0 Å². The number of carbonyl (C=O) groups is 2. The Hall–Kier alpha value is -1.95. The number of hydrogen-bond acceptors (Lipinski definition) is 4. The lowest BCUT2D eigenvalue weighted by atomic mass is 10.0. The van der Waals surface area contributed by atoms with Crippen molar-refractivity contribution in [2.45, 2.75) is 38.1 Å². The standard InChI is InChI=1S/C18H21N3O2S/c22-16-9-5-10-20(16)12-17(23)21-11-4-3-7-14(21)18-19-13-6-1-2-8-15(13)24-18/h1-2,6,8,14H,3-5,7,9-12H2/t14-/m1/s1. The molecular weight excluding hydrogens is 322 g/mol. The molecule has 0 bridgehead atoms. The number of para-hydroxylation sites is 1. The molecular formula is C18H21N3O2S. The summed E-state index contributed by atoms with van der Waals surface area (Å²) in [6, 6.07) is 8.17. The number of likely N-dealkylation sites (tertiary alicyclic amines) is 2. The molecule has 1 aromatic carbocycles. The Balaban J connectivity index is 1.56. The summed E-state index contributed by atoms with van der Waals surface area (Å²) >= 11 is 1.68. The van der Waals surface area contributed by atoms with Gasteiger partial charge in [-0.05, 0) is 37.8 Å². The smallest absolute Gasteiger partial charge is 0.242 e. The summed E-state index contributed by atoms with van der Waals surface area (Å²) in [5.74, 6) is 0.172. The molecule has 0 spiro atoms. The van der Waals surface area contributed by atoms with Crippen LogP contribution in [0.3, 0.4) is 0 Å². The van der Waals surface area contributed by atoms with Gasteiger partial charge in [0.05, 0.1) is 22.8 Å². The van der Waals surface area contributed by atoms with Crippen LogP contribution in [0.5, 0.6) is 0 Å². The van der Waals surface area contributed by atoms with Gasteiger partial charge in [-0.2, -0.15) is 0 Å². The van der Waals surface area contributed by atoms with Crippen molar-refractivity contribution < 1.29 is 9.59 Å². The number of hydrogen-bond donors (Lipinski definition) is 0. The highest BCUT2D eigenvalue weighted by molar-refractivity contribution is 7.18. The molecule has 0 radical (unpaired) electrons. The Kier molecular flexibility index (Phi) is 4.22. The zero-order chi connectivity index (χ0) is 16.5. The average molecular weight is 343 g/mol. The molecule has 2 aliphatic rings. The van der Waals surface area contributed by atoms with E-state index in [-0.39, 0.29) is 24.4 Å². The average Bonchev–Trinajstić information content (AvgIpc) is 3.21. The molecule has 2 aromatic rings. The predicted octanol–water partition coefficient (Wildman–Crippen LogP) is 2.97. The van der Waals surface area contributed by atoms with Crippen molar-refractivity contribution in [2.24, 2.45) is 0 Å². The summed E-state index contributed by atoms with van der Waals surface area (Å²) < 4.78 is 1.17. The van der Waals surface area contributed by atoms with Crippen LogP contribution in [0, 0.1) is 0 Å². The van der Waals surface area contributed by atoms with Gasteiger partial charge in [0, 0.05) is 19.5 Å². The maximum atomic E-state index is 12.8. The Morgan fingerprint density at radius 2 is 2.08 bits per heavy atom. The molecule has 3 heterocycles. The van der Waals surface area contributed by atoms with E-state index in [1.807, 2.05) is 23.1 Å². The Morgan fingerprint density at radius 1 is 1.21 bits per heavy atom. The number of piperidine rings is 1. The summed E-state index contributed by atoms with van der Waals surface area (Å²) in [5.41, 5.74) is 1.00. The summed E-state index contributed by atoms with van der Waals surface area (Å²) in [6.07, 6.45) is 4.55. The topological polar surface area (TPSA) is 53.5 Å².